The van der Waals surface area contributed by atoms with Crippen LogP contribution in [0.2, 0.25) is 4.34 Å². The Labute approximate surface area is 103 Å². The maximum atomic E-state index is 5.87. The van der Waals surface area contributed by atoms with Crippen LogP contribution in [0.3, 0.4) is 0 Å². The second-order valence-corrected chi connectivity index (χ2v) is 5.16. The number of hydrogen-bond acceptors (Lipinski definition) is 5. The Morgan fingerprint density at radius 2 is 2.25 bits per heavy atom. The monoisotopic (exact) mass is 254 g/mol. The predicted octanol–water partition coefficient (Wildman–Crippen LogP) is 2.41. The summed E-state index contributed by atoms with van der Waals surface area (Å²) in [5.74, 6) is 1.18. The summed E-state index contributed by atoms with van der Waals surface area (Å²) in [6.45, 7) is 0.746. The standard InChI is InChI=1S/C10H11ClN4S/c1-15(6-7-2-3-8(11)16-7)10-5-13-4-9(12)14-10/h2-5H,6H2,1H3,(H2,12,14). The van der Waals surface area contributed by atoms with Crippen LogP contribution in [0.25, 0.3) is 0 Å². The lowest BCUT2D eigenvalue weighted by molar-refractivity contribution is 0.906. The molecule has 0 bridgehead atoms. The molecule has 2 N–H and O–H groups in total. The fourth-order valence-electron chi connectivity index (χ4n) is 1.31. The van der Waals surface area contributed by atoms with Gasteiger partial charge in [0.2, 0.25) is 0 Å². The molecule has 16 heavy (non-hydrogen) atoms. The van der Waals surface area contributed by atoms with Gasteiger partial charge in [-0.15, -0.1) is 11.3 Å². The number of thiophene rings is 1. The van der Waals surface area contributed by atoms with E-state index in [2.05, 4.69) is 9.97 Å². The summed E-state index contributed by atoms with van der Waals surface area (Å²) in [6.07, 6.45) is 3.21. The predicted molar refractivity (Wildman–Crippen MR) is 67.9 cm³/mol. The second kappa shape index (κ2) is 4.67. The summed E-state index contributed by atoms with van der Waals surface area (Å²) in [5.41, 5.74) is 5.58. The molecular formula is C10H11ClN4S. The molecule has 0 atom stereocenters. The summed E-state index contributed by atoms with van der Waals surface area (Å²) in [4.78, 5) is 11.3. The van der Waals surface area contributed by atoms with Gasteiger partial charge in [-0.3, -0.25) is 4.98 Å². The summed E-state index contributed by atoms with van der Waals surface area (Å²) < 4.78 is 0.794. The zero-order chi connectivity index (χ0) is 11.5. The van der Waals surface area contributed by atoms with Gasteiger partial charge in [0, 0.05) is 11.9 Å². The number of halogens is 1. The first-order valence-corrected chi connectivity index (χ1v) is 5.87. The highest BCUT2D eigenvalue weighted by Gasteiger charge is 2.06. The van der Waals surface area contributed by atoms with Crippen molar-refractivity contribution >= 4 is 34.6 Å². The van der Waals surface area contributed by atoms with Crippen molar-refractivity contribution < 1.29 is 0 Å². The molecule has 0 radical (unpaired) electrons. The molecule has 0 saturated carbocycles. The maximum Gasteiger partial charge on any atom is 0.149 e. The average Bonchev–Trinajstić information content (AvgIpc) is 2.64. The fraction of sp³-hybridized carbons (Fsp3) is 0.200. The first-order valence-electron chi connectivity index (χ1n) is 4.68. The Balaban J connectivity index is 2.11. The summed E-state index contributed by atoms with van der Waals surface area (Å²) in [7, 11) is 1.94. The van der Waals surface area contributed by atoms with Crippen LogP contribution in [0.1, 0.15) is 4.88 Å². The van der Waals surface area contributed by atoms with Gasteiger partial charge in [-0.1, -0.05) is 11.6 Å². The zero-order valence-corrected chi connectivity index (χ0v) is 10.3. The molecule has 2 aromatic rings. The van der Waals surface area contributed by atoms with E-state index in [0.29, 0.717) is 5.82 Å². The molecule has 0 saturated heterocycles. The quantitative estimate of drug-likeness (QED) is 0.914. The summed E-state index contributed by atoms with van der Waals surface area (Å²) in [5, 5.41) is 0. The minimum atomic E-state index is 0.425. The van der Waals surface area contributed by atoms with Gasteiger partial charge in [0.25, 0.3) is 0 Å². The number of nitrogen functional groups attached to an aromatic ring is 1. The first-order chi connectivity index (χ1) is 7.65. The number of aromatic nitrogens is 2. The van der Waals surface area contributed by atoms with Crippen LogP contribution in [0.15, 0.2) is 24.5 Å². The van der Waals surface area contributed by atoms with Crippen LogP contribution >= 0.6 is 22.9 Å². The van der Waals surface area contributed by atoms with Gasteiger partial charge in [0.05, 0.1) is 23.3 Å². The number of nitrogens with zero attached hydrogens (tertiary/aromatic N) is 3. The average molecular weight is 255 g/mol. The molecule has 4 nitrogen and oxygen atoms in total. The molecule has 0 aliphatic carbocycles. The van der Waals surface area contributed by atoms with Gasteiger partial charge in [-0.05, 0) is 12.1 Å². The third-order valence-electron chi connectivity index (χ3n) is 2.05. The number of rotatable bonds is 3. The molecule has 0 aliphatic heterocycles. The van der Waals surface area contributed by atoms with E-state index in [-0.39, 0.29) is 0 Å². The largest absolute Gasteiger partial charge is 0.382 e. The number of nitrogens with two attached hydrogens (primary N) is 1. The van der Waals surface area contributed by atoms with Crippen molar-refractivity contribution in [1.82, 2.24) is 9.97 Å². The van der Waals surface area contributed by atoms with E-state index in [0.717, 1.165) is 16.7 Å². The minimum absolute atomic E-state index is 0.425. The molecule has 2 aromatic heterocycles. The molecule has 0 aliphatic rings. The molecular weight excluding hydrogens is 244 g/mol. The van der Waals surface area contributed by atoms with E-state index in [1.165, 1.54) is 11.1 Å². The lowest BCUT2D eigenvalue weighted by atomic mass is 10.4. The van der Waals surface area contributed by atoms with Crippen molar-refractivity contribution in [3.63, 3.8) is 0 Å². The summed E-state index contributed by atoms with van der Waals surface area (Å²) in [6, 6.07) is 3.89. The Morgan fingerprint density at radius 1 is 1.44 bits per heavy atom. The summed E-state index contributed by atoms with van der Waals surface area (Å²) >= 11 is 7.43. The Hall–Kier alpha value is -1.33. The molecule has 84 valence electrons. The van der Waals surface area contributed by atoms with Crippen LogP contribution in [-0.4, -0.2) is 17.0 Å². The van der Waals surface area contributed by atoms with Crippen LogP contribution in [-0.2, 0) is 6.54 Å². The van der Waals surface area contributed by atoms with E-state index in [1.54, 1.807) is 17.5 Å². The van der Waals surface area contributed by atoms with Crippen molar-refractivity contribution in [2.24, 2.45) is 0 Å². The third kappa shape index (κ3) is 2.62. The fourth-order valence-corrected chi connectivity index (χ4v) is 2.45. The van der Waals surface area contributed by atoms with Crippen molar-refractivity contribution in [3.05, 3.63) is 33.7 Å². The molecule has 0 fully saturated rings. The highest BCUT2D eigenvalue weighted by molar-refractivity contribution is 7.16. The van der Waals surface area contributed by atoms with Gasteiger partial charge in [0.1, 0.15) is 11.6 Å². The molecule has 2 heterocycles. The Morgan fingerprint density at radius 3 is 2.88 bits per heavy atom. The minimum Gasteiger partial charge on any atom is -0.382 e. The van der Waals surface area contributed by atoms with Crippen LogP contribution in [0.5, 0.6) is 0 Å². The molecule has 0 unspecified atom stereocenters. The lowest BCUT2D eigenvalue weighted by Crippen LogP contribution is -2.17. The zero-order valence-electron chi connectivity index (χ0n) is 8.72. The smallest absolute Gasteiger partial charge is 0.149 e. The molecule has 6 heteroatoms. The van der Waals surface area contributed by atoms with Crippen LogP contribution in [0.4, 0.5) is 11.6 Å². The van der Waals surface area contributed by atoms with Crippen molar-refractivity contribution in [2.75, 3.05) is 17.7 Å². The molecule has 2 rings (SSSR count). The SMILES string of the molecule is CN(Cc1ccc(Cl)s1)c1cncc(N)n1. The third-order valence-corrected chi connectivity index (χ3v) is 3.27. The van der Waals surface area contributed by atoms with E-state index < -0.39 is 0 Å². The lowest BCUT2D eigenvalue weighted by Gasteiger charge is -2.16. The maximum absolute atomic E-state index is 5.87. The van der Waals surface area contributed by atoms with Gasteiger partial charge in [-0.2, -0.15) is 0 Å². The molecule has 0 aromatic carbocycles. The Kier molecular flexibility index (Phi) is 3.26. The first kappa shape index (κ1) is 11.2. The number of anilines is 2. The van der Waals surface area contributed by atoms with Crippen LogP contribution in [0, 0.1) is 0 Å². The molecule has 0 spiro atoms. The van der Waals surface area contributed by atoms with Crippen LogP contribution < -0.4 is 10.6 Å². The van der Waals surface area contributed by atoms with E-state index in [4.69, 9.17) is 17.3 Å². The highest BCUT2D eigenvalue weighted by Crippen LogP contribution is 2.23. The van der Waals surface area contributed by atoms with Gasteiger partial charge < -0.3 is 10.6 Å². The van der Waals surface area contributed by atoms with E-state index in [1.807, 2.05) is 24.1 Å². The Bertz CT molecular complexity index is 485. The topological polar surface area (TPSA) is 55.0 Å². The van der Waals surface area contributed by atoms with Gasteiger partial charge in [0.15, 0.2) is 0 Å². The van der Waals surface area contributed by atoms with E-state index >= 15 is 0 Å². The highest BCUT2D eigenvalue weighted by atomic mass is 35.5. The van der Waals surface area contributed by atoms with Crippen molar-refractivity contribution in [2.45, 2.75) is 6.54 Å². The van der Waals surface area contributed by atoms with Crippen molar-refractivity contribution in [1.29, 1.82) is 0 Å². The number of hydrogen-bond donors (Lipinski definition) is 1. The van der Waals surface area contributed by atoms with Crippen molar-refractivity contribution in [3.8, 4) is 0 Å². The normalized spacial score (nSPS) is 10.4. The van der Waals surface area contributed by atoms with Gasteiger partial charge >= 0.3 is 0 Å². The van der Waals surface area contributed by atoms with Gasteiger partial charge in [-0.25, -0.2) is 4.98 Å². The molecule has 0 amide bonds. The second-order valence-electron chi connectivity index (χ2n) is 3.36. The van der Waals surface area contributed by atoms with E-state index in [9.17, 15) is 0 Å².